The molecule has 156 valence electrons. The molecule has 2 heterocycles. The zero-order chi connectivity index (χ0) is 20.9. The van der Waals surface area contributed by atoms with Crippen LogP contribution in [0.1, 0.15) is 29.7 Å². The highest BCUT2D eigenvalue weighted by molar-refractivity contribution is 7.97. The summed E-state index contributed by atoms with van der Waals surface area (Å²) in [6.45, 7) is 1.15. The van der Waals surface area contributed by atoms with E-state index in [1.165, 1.54) is 28.8 Å². The van der Waals surface area contributed by atoms with Crippen LogP contribution in [0.15, 0.2) is 53.8 Å². The molecule has 3 aromatic rings. The first kappa shape index (κ1) is 20.6. The van der Waals surface area contributed by atoms with Gasteiger partial charge in [0, 0.05) is 36.8 Å². The third-order valence-corrected chi connectivity index (χ3v) is 5.87. The van der Waals surface area contributed by atoms with Crippen molar-refractivity contribution in [3.8, 4) is 0 Å². The van der Waals surface area contributed by atoms with E-state index in [2.05, 4.69) is 26.3 Å². The highest BCUT2D eigenvalue weighted by atomic mass is 35.5. The molecule has 4 rings (SSSR count). The Labute approximate surface area is 184 Å². The second kappa shape index (κ2) is 9.40. The quantitative estimate of drug-likeness (QED) is 0.565. The number of urea groups is 1. The molecule has 30 heavy (non-hydrogen) atoms. The summed E-state index contributed by atoms with van der Waals surface area (Å²) in [6, 6.07) is 9.44. The average molecular weight is 443 g/mol. The lowest BCUT2D eigenvalue weighted by Crippen LogP contribution is -2.31. The normalized spacial score (nSPS) is 14.5. The second-order valence-corrected chi connectivity index (χ2v) is 8.39. The fourth-order valence-electron chi connectivity index (χ4n) is 3.50. The van der Waals surface area contributed by atoms with Crippen molar-refractivity contribution in [3.63, 3.8) is 0 Å². The largest absolute Gasteiger partial charge is 0.334 e. The van der Waals surface area contributed by atoms with Crippen molar-refractivity contribution in [1.29, 1.82) is 0 Å². The maximum absolute atomic E-state index is 12.1. The number of aryl methyl sites for hydroxylation is 2. The van der Waals surface area contributed by atoms with Crippen molar-refractivity contribution < 1.29 is 4.79 Å². The molecule has 2 N–H and O–H groups in total. The molecule has 7 nitrogen and oxygen atoms in total. The molecule has 1 aliphatic carbocycles. The molecule has 2 amide bonds. The summed E-state index contributed by atoms with van der Waals surface area (Å²) >= 11 is 7.19. The molecule has 1 aliphatic rings. The Morgan fingerprint density at radius 1 is 1.27 bits per heavy atom. The van der Waals surface area contributed by atoms with Gasteiger partial charge in [-0.3, -0.25) is 14.1 Å². The summed E-state index contributed by atoms with van der Waals surface area (Å²) in [4.78, 5) is 12.1. The lowest BCUT2D eigenvalue weighted by molar-refractivity contribution is 0.247. The van der Waals surface area contributed by atoms with Crippen molar-refractivity contribution in [2.75, 3.05) is 6.54 Å². The van der Waals surface area contributed by atoms with Crippen molar-refractivity contribution >= 4 is 35.2 Å². The number of benzene rings is 1. The molecule has 0 atom stereocenters. The van der Waals surface area contributed by atoms with E-state index in [0.29, 0.717) is 13.1 Å². The zero-order valence-corrected chi connectivity index (χ0v) is 18.2. The number of halogens is 1. The lowest BCUT2D eigenvalue weighted by Gasteiger charge is -2.18. The van der Waals surface area contributed by atoms with Crippen molar-refractivity contribution in [3.05, 3.63) is 70.6 Å². The molecule has 9 heteroatoms. The van der Waals surface area contributed by atoms with Gasteiger partial charge in [0.25, 0.3) is 0 Å². The number of rotatable bonds is 6. The Morgan fingerprint density at radius 2 is 2.10 bits per heavy atom. The van der Waals surface area contributed by atoms with Crippen LogP contribution in [0.5, 0.6) is 0 Å². The second-order valence-electron chi connectivity index (χ2n) is 7.13. The first-order valence-corrected chi connectivity index (χ1v) is 11.0. The van der Waals surface area contributed by atoms with E-state index in [9.17, 15) is 4.79 Å². The Bertz CT molecular complexity index is 1060. The van der Waals surface area contributed by atoms with Gasteiger partial charge in [-0.15, -0.1) is 0 Å². The highest BCUT2D eigenvalue weighted by Gasteiger charge is 2.19. The van der Waals surface area contributed by atoms with Crippen LogP contribution < -0.4 is 10.0 Å². The Hall–Kier alpha value is -2.71. The highest BCUT2D eigenvalue weighted by Crippen LogP contribution is 2.31. The van der Waals surface area contributed by atoms with Crippen LogP contribution in [-0.4, -0.2) is 32.1 Å². The first-order chi connectivity index (χ1) is 14.6. The summed E-state index contributed by atoms with van der Waals surface area (Å²) in [7, 11) is 1.84. The third-order valence-electron chi connectivity index (χ3n) is 4.91. The van der Waals surface area contributed by atoms with E-state index < -0.39 is 0 Å². The topological polar surface area (TPSA) is 76.8 Å². The molecule has 0 fully saturated rings. The number of allylic oxidation sites excluding steroid dienone is 1. The van der Waals surface area contributed by atoms with Gasteiger partial charge in [-0.2, -0.15) is 10.2 Å². The van der Waals surface area contributed by atoms with Crippen LogP contribution in [0.2, 0.25) is 5.02 Å². The van der Waals surface area contributed by atoms with Crippen molar-refractivity contribution in [2.45, 2.75) is 30.8 Å². The van der Waals surface area contributed by atoms with Crippen molar-refractivity contribution in [2.24, 2.45) is 7.05 Å². The van der Waals surface area contributed by atoms with Crippen LogP contribution in [-0.2, 0) is 20.0 Å². The number of carbonyl (C=O) groups excluding carboxylic acids is 1. The van der Waals surface area contributed by atoms with Crippen LogP contribution >= 0.6 is 23.5 Å². The van der Waals surface area contributed by atoms with E-state index in [4.69, 9.17) is 11.6 Å². The number of carbonyl (C=O) groups is 1. The first-order valence-electron chi connectivity index (χ1n) is 9.77. The molecule has 0 aliphatic heterocycles. The van der Waals surface area contributed by atoms with Crippen LogP contribution in [0.3, 0.4) is 0 Å². The SMILES string of the molecule is Cn1ccc(SNC(=O)NC/C=C2\CCCc3cnn(Cc4ccc(Cl)cc4)c32)n1. The maximum Gasteiger partial charge on any atom is 0.325 e. The zero-order valence-electron chi connectivity index (χ0n) is 16.6. The van der Waals surface area contributed by atoms with Gasteiger partial charge < -0.3 is 5.32 Å². The van der Waals surface area contributed by atoms with E-state index in [0.717, 1.165) is 34.9 Å². The van der Waals surface area contributed by atoms with Gasteiger partial charge in [-0.1, -0.05) is 29.8 Å². The average Bonchev–Trinajstić information content (AvgIpc) is 3.35. The summed E-state index contributed by atoms with van der Waals surface area (Å²) in [5.74, 6) is 0. The molecule has 0 saturated heterocycles. The molecular formula is C21H23ClN6OS. The number of nitrogens with one attached hydrogen (secondary N) is 2. The number of hydrogen-bond acceptors (Lipinski definition) is 4. The number of aromatic nitrogens is 4. The predicted molar refractivity (Wildman–Crippen MR) is 119 cm³/mol. The van der Waals surface area contributed by atoms with Crippen LogP contribution in [0.25, 0.3) is 5.57 Å². The van der Waals surface area contributed by atoms with E-state index in [1.807, 2.05) is 54.5 Å². The summed E-state index contributed by atoms with van der Waals surface area (Å²) in [5.41, 5.74) is 4.80. The fraction of sp³-hybridized carbons (Fsp3) is 0.286. The van der Waals surface area contributed by atoms with Gasteiger partial charge in [-0.25, -0.2) is 4.79 Å². The van der Waals surface area contributed by atoms with E-state index in [-0.39, 0.29) is 6.03 Å². The summed E-state index contributed by atoms with van der Waals surface area (Å²) in [5, 5.41) is 13.2. The Balaban J connectivity index is 1.38. The Kier molecular flexibility index (Phi) is 6.44. The molecule has 0 spiro atoms. The number of hydrogen-bond donors (Lipinski definition) is 2. The minimum atomic E-state index is -0.242. The maximum atomic E-state index is 12.1. The van der Waals surface area contributed by atoms with Crippen molar-refractivity contribution in [1.82, 2.24) is 29.6 Å². The standard InChI is InChI=1S/C21H23ClN6OS/c1-27-12-10-19(25-27)30-26-21(29)23-11-9-16-3-2-4-17-13-24-28(20(16)17)14-15-5-7-18(22)8-6-15/h5-10,12-13H,2-4,11,14H2,1H3,(H2,23,26,29)/b16-9+. The lowest BCUT2D eigenvalue weighted by atomic mass is 9.92. The van der Waals surface area contributed by atoms with Gasteiger partial charge >= 0.3 is 6.03 Å². The predicted octanol–water partition coefficient (Wildman–Crippen LogP) is 4.04. The number of fused-ring (bicyclic) bond motifs is 1. The fourth-order valence-corrected chi connectivity index (χ4v) is 4.19. The number of amides is 2. The van der Waals surface area contributed by atoms with Gasteiger partial charge in [0.05, 0.1) is 18.4 Å². The van der Waals surface area contributed by atoms with Gasteiger partial charge in [0.1, 0.15) is 5.03 Å². The van der Waals surface area contributed by atoms with E-state index >= 15 is 0 Å². The molecule has 0 unspecified atom stereocenters. The summed E-state index contributed by atoms with van der Waals surface area (Å²) < 4.78 is 6.48. The molecular weight excluding hydrogens is 420 g/mol. The smallest absolute Gasteiger partial charge is 0.325 e. The van der Waals surface area contributed by atoms with Crippen LogP contribution in [0, 0.1) is 0 Å². The minimum absolute atomic E-state index is 0.242. The van der Waals surface area contributed by atoms with Gasteiger partial charge in [0.2, 0.25) is 0 Å². The molecule has 0 saturated carbocycles. The van der Waals surface area contributed by atoms with E-state index in [1.54, 1.807) is 4.68 Å². The minimum Gasteiger partial charge on any atom is -0.334 e. The molecule has 0 radical (unpaired) electrons. The molecule has 1 aromatic carbocycles. The van der Waals surface area contributed by atoms with Gasteiger partial charge in [0.15, 0.2) is 0 Å². The van der Waals surface area contributed by atoms with Crippen LogP contribution in [0.4, 0.5) is 4.79 Å². The molecule has 0 bridgehead atoms. The van der Waals surface area contributed by atoms with Gasteiger partial charge in [-0.05, 0) is 54.2 Å². The monoisotopic (exact) mass is 442 g/mol. The number of nitrogens with zero attached hydrogens (tertiary/aromatic N) is 4. The third kappa shape index (κ3) is 5.06. The molecule has 2 aromatic heterocycles. The Morgan fingerprint density at radius 3 is 2.87 bits per heavy atom. The summed E-state index contributed by atoms with van der Waals surface area (Å²) in [6.07, 6.45) is 8.98.